The Bertz CT molecular complexity index is 1200. The van der Waals surface area contributed by atoms with Gasteiger partial charge < -0.3 is 5.11 Å². The molecule has 4 rings (SSSR count). The summed E-state index contributed by atoms with van der Waals surface area (Å²) in [4.78, 5) is 38.4. The van der Waals surface area contributed by atoms with Gasteiger partial charge in [-0.15, -0.1) is 11.8 Å². The van der Waals surface area contributed by atoms with Crippen LogP contribution in [0.3, 0.4) is 0 Å². The van der Waals surface area contributed by atoms with Crippen molar-refractivity contribution < 1.29 is 19.6 Å². The van der Waals surface area contributed by atoms with Crippen molar-refractivity contribution in [2.75, 3.05) is 17.3 Å². The molecule has 1 heterocycles. The van der Waals surface area contributed by atoms with E-state index in [0.29, 0.717) is 11.3 Å². The highest BCUT2D eigenvalue weighted by molar-refractivity contribution is 8.04. The first-order valence-electron chi connectivity index (χ1n) is 9.12. The summed E-state index contributed by atoms with van der Waals surface area (Å²) in [5.41, 5.74) is 0.970. The number of anilines is 1. The van der Waals surface area contributed by atoms with Crippen molar-refractivity contribution >= 4 is 51.3 Å². The molecule has 0 aliphatic carbocycles. The highest BCUT2D eigenvalue weighted by Crippen LogP contribution is 2.40. The molecule has 0 aromatic heterocycles. The number of nitrogens with zero attached hydrogens (tertiary/aromatic N) is 2. The average Bonchev–Trinajstić information content (AvgIpc) is 3.01. The lowest BCUT2D eigenvalue weighted by Gasteiger charge is -2.17. The van der Waals surface area contributed by atoms with E-state index in [-0.39, 0.29) is 28.5 Å². The van der Waals surface area contributed by atoms with Crippen molar-refractivity contribution in [3.05, 3.63) is 87.3 Å². The van der Waals surface area contributed by atoms with E-state index in [1.807, 2.05) is 30.3 Å². The van der Waals surface area contributed by atoms with Gasteiger partial charge in [0, 0.05) is 23.3 Å². The molecule has 8 heteroatoms. The molecule has 0 bridgehead atoms. The van der Waals surface area contributed by atoms with E-state index < -0.39 is 16.7 Å². The second kappa shape index (κ2) is 8.10. The Morgan fingerprint density at radius 1 is 0.933 bits per heavy atom. The van der Waals surface area contributed by atoms with Crippen molar-refractivity contribution in [2.24, 2.45) is 0 Å². The number of fused-ring (bicyclic) bond motifs is 1. The molecule has 0 spiro atoms. The van der Waals surface area contributed by atoms with Crippen LogP contribution in [0.5, 0.6) is 0 Å². The topological polar surface area (TPSA) is 101 Å². The third-order valence-electron chi connectivity index (χ3n) is 4.75. The lowest BCUT2D eigenvalue weighted by atomic mass is 10.1. The molecule has 2 amide bonds. The fourth-order valence-electron chi connectivity index (χ4n) is 3.42. The Morgan fingerprint density at radius 3 is 2.33 bits per heavy atom. The van der Waals surface area contributed by atoms with Crippen molar-refractivity contribution in [1.82, 2.24) is 0 Å². The highest BCUT2D eigenvalue weighted by atomic mass is 32.2. The number of carbonyl (C=O) groups excluding carboxylic acids is 2. The van der Waals surface area contributed by atoms with Crippen molar-refractivity contribution in [3.63, 3.8) is 0 Å². The van der Waals surface area contributed by atoms with E-state index in [0.717, 1.165) is 27.4 Å². The summed E-state index contributed by atoms with van der Waals surface area (Å²) in [5.74, 6) is -0.720. The number of nitro groups is 1. The summed E-state index contributed by atoms with van der Waals surface area (Å²) < 4.78 is 0. The predicted octanol–water partition coefficient (Wildman–Crippen LogP) is 3.76. The molecular formula is C22H16N2O5S. The van der Waals surface area contributed by atoms with Crippen LogP contribution in [0.4, 0.5) is 11.4 Å². The second-order valence-electron chi connectivity index (χ2n) is 6.52. The minimum Gasteiger partial charge on any atom is -0.396 e. The molecular weight excluding hydrogens is 404 g/mol. The molecule has 0 fully saturated rings. The van der Waals surface area contributed by atoms with Gasteiger partial charge in [0.2, 0.25) is 0 Å². The largest absolute Gasteiger partial charge is 0.396 e. The lowest BCUT2D eigenvalue weighted by Crippen LogP contribution is -2.31. The van der Waals surface area contributed by atoms with Crippen LogP contribution >= 0.6 is 11.8 Å². The van der Waals surface area contributed by atoms with Crippen molar-refractivity contribution in [3.8, 4) is 0 Å². The normalized spacial score (nSPS) is 14.1. The number of non-ortho nitro benzene ring substituents is 1. The van der Waals surface area contributed by atoms with Crippen LogP contribution in [0.15, 0.2) is 71.6 Å². The quantitative estimate of drug-likeness (QED) is 0.370. The SMILES string of the molecule is O=C1C(SCCO)=C(c2ccc([N+](=O)[O-])cc2)C(=O)N1c1cccc2ccccc12. The third-order valence-corrected chi connectivity index (χ3v) is 5.81. The lowest BCUT2D eigenvalue weighted by molar-refractivity contribution is -0.384. The van der Waals surface area contributed by atoms with E-state index in [4.69, 9.17) is 0 Å². The molecule has 3 aromatic carbocycles. The number of rotatable bonds is 6. The minimum absolute atomic E-state index is 0.105. The maximum absolute atomic E-state index is 13.4. The summed E-state index contributed by atoms with van der Waals surface area (Å²) in [7, 11) is 0. The molecule has 1 aliphatic heterocycles. The Kier molecular flexibility index (Phi) is 5.35. The zero-order valence-electron chi connectivity index (χ0n) is 15.6. The number of hydrogen-bond donors (Lipinski definition) is 1. The van der Waals surface area contributed by atoms with E-state index >= 15 is 0 Å². The van der Waals surface area contributed by atoms with Crippen LogP contribution in [0.25, 0.3) is 16.3 Å². The van der Waals surface area contributed by atoms with Gasteiger partial charge >= 0.3 is 0 Å². The summed E-state index contributed by atoms with van der Waals surface area (Å²) in [5, 5.41) is 21.8. The molecule has 3 aromatic rings. The first kappa shape index (κ1) is 19.8. The highest BCUT2D eigenvalue weighted by Gasteiger charge is 2.40. The number of aliphatic hydroxyl groups is 1. The van der Waals surface area contributed by atoms with Crippen LogP contribution in [0.1, 0.15) is 5.56 Å². The first-order valence-corrected chi connectivity index (χ1v) is 10.1. The molecule has 0 radical (unpaired) electrons. The summed E-state index contributed by atoms with van der Waals surface area (Å²) >= 11 is 1.10. The van der Waals surface area contributed by atoms with Gasteiger partial charge in [-0.25, -0.2) is 4.90 Å². The number of aliphatic hydroxyl groups excluding tert-OH is 1. The standard InChI is InChI=1S/C22H16N2O5S/c25-12-13-30-20-19(15-8-10-16(11-9-15)24(28)29)21(26)23(22(20)27)18-7-3-5-14-4-1-2-6-17(14)18/h1-11,25H,12-13H2. The zero-order chi connectivity index (χ0) is 21.3. The van der Waals surface area contributed by atoms with Crippen molar-refractivity contribution in [2.45, 2.75) is 0 Å². The smallest absolute Gasteiger partial charge is 0.272 e. The van der Waals surface area contributed by atoms with Gasteiger partial charge in [-0.1, -0.05) is 36.4 Å². The van der Waals surface area contributed by atoms with E-state index in [1.54, 1.807) is 12.1 Å². The Labute approximate surface area is 175 Å². The van der Waals surface area contributed by atoms with E-state index in [2.05, 4.69) is 0 Å². The Hall–Kier alpha value is -3.49. The fourth-order valence-corrected chi connectivity index (χ4v) is 4.28. The third kappa shape index (κ3) is 3.36. The Morgan fingerprint density at radius 2 is 1.63 bits per heavy atom. The number of nitro benzene ring substituents is 1. The van der Waals surface area contributed by atoms with Gasteiger partial charge in [0.15, 0.2) is 0 Å². The number of carbonyl (C=O) groups is 2. The number of thioether (sulfide) groups is 1. The first-order chi connectivity index (χ1) is 14.5. The van der Waals surface area contributed by atoms with Gasteiger partial charge in [0.05, 0.1) is 27.7 Å². The molecule has 0 saturated heterocycles. The summed E-state index contributed by atoms with van der Waals surface area (Å²) in [6.07, 6.45) is 0. The summed E-state index contributed by atoms with van der Waals surface area (Å²) in [6.45, 7) is -0.155. The molecule has 1 N–H and O–H groups in total. The van der Waals surface area contributed by atoms with E-state index in [1.165, 1.54) is 24.3 Å². The molecule has 0 unspecified atom stereocenters. The van der Waals surface area contributed by atoms with Crippen LogP contribution < -0.4 is 4.90 Å². The predicted molar refractivity (Wildman–Crippen MR) is 116 cm³/mol. The van der Waals surface area contributed by atoms with Crippen LogP contribution in [0.2, 0.25) is 0 Å². The van der Waals surface area contributed by atoms with Crippen LogP contribution in [-0.2, 0) is 9.59 Å². The fraction of sp³-hybridized carbons (Fsp3) is 0.0909. The maximum Gasteiger partial charge on any atom is 0.272 e. The summed E-state index contributed by atoms with van der Waals surface area (Å²) in [6, 6.07) is 18.4. The van der Waals surface area contributed by atoms with Gasteiger partial charge in [-0.2, -0.15) is 0 Å². The zero-order valence-corrected chi connectivity index (χ0v) is 16.5. The number of amides is 2. The van der Waals surface area contributed by atoms with Crippen molar-refractivity contribution in [1.29, 1.82) is 0 Å². The molecule has 150 valence electrons. The average molecular weight is 420 g/mol. The van der Waals surface area contributed by atoms with Gasteiger partial charge in [-0.05, 0) is 29.1 Å². The molecule has 0 atom stereocenters. The second-order valence-corrected chi connectivity index (χ2v) is 7.63. The molecule has 0 saturated carbocycles. The van der Waals surface area contributed by atoms with Gasteiger partial charge in [-0.3, -0.25) is 19.7 Å². The number of imide groups is 1. The van der Waals surface area contributed by atoms with Gasteiger partial charge in [0.1, 0.15) is 0 Å². The number of hydrogen-bond acceptors (Lipinski definition) is 6. The van der Waals surface area contributed by atoms with Gasteiger partial charge in [0.25, 0.3) is 17.5 Å². The number of benzene rings is 3. The van der Waals surface area contributed by atoms with Crippen LogP contribution in [0, 0.1) is 10.1 Å². The minimum atomic E-state index is -0.524. The maximum atomic E-state index is 13.4. The monoisotopic (exact) mass is 420 g/mol. The molecule has 1 aliphatic rings. The van der Waals surface area contributed by atoms with Crippen LogP contribution in [-0.4, -0.2) is 34.2 Å². The Balaban J connectivity index is 1.83. The van der Waals surface area contributed by atoms with E-state index in [9.17, 15) is 24.8 Å². The molecule has 30 heavy (non-hydrogen) atoms. The molecule has 7 nitrogen and oxygen atoms in total.